The third-order valence-corrected chi connectivity index (χ3v) is 5.21. The van der Waals surface area contributed by atoms with Gasteiger partial charge in [-0.1, -0.05) is 12.2 Å². The van der Waals surface area contributed by atoms with Crippen molar-refractivity contribution in [3.63, 3.8) is 0 Å². The maximum absolute atomic E-state index is 12.4. The van der Waals surface area contributed by atoms with Crippen molar-refractivity contribution in [2.24, 2.45) is 11.8 Å². The summed E-state index contributed by atoms with van der Waals surface area (Å²) in [5.41, 5.74) is 0.432. The molecule has 1 aromatic carbocycles. The summed E-state index contributed by atoms with van der Waals surface area (Å²) in [5, 5.41) is 2.62. The summed E-state index contributed by atoms with van der Waals surface area (Å²) < 4.78 is 15.5. The van der Waals surface area contributed by atoms with E-state index in [0.29, 0.717) is 30.0 Å². The molecular formula is C21H24N2O7. The number of fused-ring (bicyclic) bond motifs is 1. The van der Waals surface area contributed by atoms with Crippen molar-refractivity contribution < 1.29 is 33.4 Å². The highest BCUT2D eigenvalue weighted by molar-refractivity contribution is 6.07. The first-order valence-electron chi connectivity index (χ1n) is 9.58. The number of carbonyl (C=O) groups is 4. The first-order chi connectivity index (χ1) is 14.3. The van der Waals surface area contributed by atoms with Gasteiger partial charge < -0.3 is 19.5 Å². The number of methoxy groups -OCH3 is 2. The summed E-state index contributed by atoms with van der Waals surface area (Å²) in [5.74, 6) is -2.01. The van der Waals surface area contributed by atoms with Gasteiger partial charge in [-0.2, -0.15) is 0 Å². The zero-order valence-corrected chi connectivity index (χ0v) is 17.0. The molecule has 9 nitrogen and oxygen atoms in total. The third-order valence-electron chi connectivity index (χ3n) is 5.21. The standard InChI is InChI=1S/C21H24N2O7/c1-12(19(25)22-13-8-9-16(28-2)17(10-13)29-3)30-18(24)11-23-20(26)14-6-4-5-7-15(14)21(23)27/h4-5,8-10,12,14-15H,6-7,11H2,1-3H3,(H,22,25). The van der Waals surface area contributed by atoms with Crippen LogP contribution < -0.4 is 14.8 Å². The lowest BCUT2D eigenvalue weighted by Gasteiger charge is -2.17. The molecule has 1 saturated heterocycles. The Hall–Kier alpha value is -3.36. The van der Waals surface area contributed by atoms with Crippen molar-refractivity contribution in [1.82, 2.24) is 4.90 Å². The first-order valence-corrected chi connectivity index (χ1v) is 9.58. The smallest absolute Gasteiger partial charge is 0.326 e. The minimum absolute atomic E-state index is 0.367. The number of rotatable bonds is 7. The average molecular weight is 416 g/mol. The number of imide groups is 1. The van der Waals surface area contributed by atoms with Gasteiger partial charge in [0.05, 0.1) is 26.1 Å². The number of nitrogens with one attached hydrogen (secondary N) is 1. The van der Waals surface area contributed by atoms with E-state index >= 15 is 0 Å². The Bertz CT molecular complexity index is 869. The Kier molecular flexibility index (Phi) is 6.39. The molecular weight excluding hydrogens is 392 g/mol. The van der Waals surface area contributed by atoms with Gasteiger partial charge in [-0.25, -0.2) is 0 Å². The van der Waals surface area contributed by atoms with Crippen molar-refractivity contribution in [3.05, 3.63) is 30.4 Å². The topological polar surface area (TPSA) is 111 Å². The molecule has 3 atom stereocenters. The van der Waals surface area contributed by atoms with Gasteiger partial charge in [-0.15, -0.1) is 0 Å². The van der Waals surface area contributed by atoms with E-state index in [1.165, 1.54) is 21.1 Å². The molecule has 1 N–H and O–H groups in total. The Morgan fingerprint density at radius 3 is 2.23 bits per heavy atom. The quantitative estimate of drug-likeness (QED) is 0.408. The SMILES string of the molecule is COc1ccc(NC(=O)C(C)OC(=O)CN2C(=O)C3CC=CCC3C2=O)cc1OC. The van der Waals surface area contributed by atoms with Crippen LogP contribution >= 0.6 is 0 Å². The van der Waals surface area contributed by atoms with Crippen LogP contribution in [0.1, 0.15) is 19.8 Å². The van der Waals surface area contributed by atoms with Crippen molar-refractivity contribution in [3.8, 4) is 11.5 Å². The Labute approximate surface area is 174 Å². The number of ether oxygens (including phenoxy) is 3. The highest BCUT2D eigenvalue weighted by atomic mass is 16.5. The molecule has 1 heterocycles. The van der Waals surface area contributed by atoms with Crippen molar-refractivity contribution in [2.45, 2.75) is 25.9 Å². The number of carbonyl (C=O) groups excluding carboxylic acids is 4. The largest absolute Gasteiger partial charge is 0.493 e. The average Bonchev–Trinajstić information content (AvgIpc) is 2.98. The molecule has 0 saturated carbocycles. The number of allylic oxidation sites excluding steroid dienone is 2. The second-order valence-electron chi connectivity index (χ2n) is 7.11. The van der Waals surface area contributed by atoms with Crippen molar-refractivity contribution in [2.75, 3.05) is 26.1 Å². The molecule has 1 fully saturated rings. The lowest BCUT2D eigenvalue weighted by atomic mass is 9.85. The molecule has 30 heavy (non-hydrogen) atoms. The van der Waals surface area contributed by atoms with Gasteiger partial charge in [0.2, 0.25) is 11.8 Å². The number of benzene rings is 1. The molecule has 1 aromatic rings. The Balaban J connectivity index is 1.56. The number of likely N-dealkylation sites (tertiary alicyclic amines) is 1. The second-order valence-corrected chi connectivity index (χ2v) is 7.11. The molecule has 3 rings (SSSR count). The predicted octanol–water partition coefficient (Wildman–Crippen LogP) is 1.53. The lowest BCUT2D eigenvalue weighted by Crippen LogP contribution is -2.39. The predicted molar refractivity (Wildman–Crippen MR) is 106 cm³/mol. The monoisotopic (exact) mass is 416 g/mol. The summed E-state index contributed by atoms with van der Waals surface area (Å²) in [4.78, 5) is 50.4. The summed E-state index contributed by atoms with van der Waals surface area (Å²) in [6.45, 7) is 0.907. The van der Waals surface area contributed by atoms with E-state index in [1.807, 2.05) is 12.2 Å². The molecule has 2 aliphatic rings. The maximum atomic E-state index is 12.4. The summed E-state index contributed by atoms with van der Waals surface area (Å²) in [6.07, 6.45) is 3.60. The summed E-state index contributed by atoms with van der Waals surface area (Å²) >= 11 is 0. The molecule has 9 heteroatoms. The fourth-order valence-corrected chi connectivity index (χ4v) is 3.60. The van der Waals surface area contributed by atoms with E-state index in [1.54, 1.807) is 18.2 Å². The summed E-state index contributed by atoms with van der Waals surface area (Å²) in [7, 11) is 2.97. The molecule has 3 unspecified atom stereocenters. The van der Waals surface area contributed by atoms with Gasteiger partial charge in [-0.3, -0.25) is 24.1 Å². The fourth-order valence-electron chi connectivity index (χ4n) is 3.60. The molecule has 1 aliphatic carbocycles. The first kappa shape index (κ1) is 21.4. The Morgan fingerprint density at radius 2 is 1.67 bits per heavy atom. The Morgan fingerprint density at radius 1 is 1.07 bits per heavy atom. The minimum atomic E-state index is -1.12. The van der Waals surface area contributed by atoms with E-state index < -0.39 is 36.4 Å². The highest BCUT2D eigenvalue weighted by Gasteiger charge is 2.47. The van der Waals surface area contributed by atoms with Crippen LogP contribution in [0.5, 0.6) is 11.5 Å². The van der Waals surface area contributed by atoms with Gasteiger partial charge >= 0.3 is 5.97 Å². The van der Waals surface area contributed by atoms with Crippen molar-refractivity contribution >= 4 is 29.4 Å². The second kappa shape index (κ2) is 8.98. The highest BCUT2D eigenvalue weighted by Crippen LogP contribution is 2.35. The van der Waals surface area contributed by atoms with E-state index in [-0.39, 0.29) is 11.8 Å². The molecule has 160 valence electrons. The van der Waals surface area contributed by atoms with Crippen LogP contribution in [-0.4, -0.2) is 55.5 Å². The number of hydrogen-bond donors (Lipinski definition) is 1. The molecule has 0 aromatic heterocycles. The lowest BCUT2D eigenvalue weighted by molar-refractivity contribution is -0.158. The molecule has 0 bridgehead atoms. The van der Waals surface area contributed by atoms with Gasteiger partial charge in [0.1, 0.15) is 6.54 Å². The minimum Gasteiger partial charge on any atom is -0.493 e. The number of anilines is 1. The van der Waals surface area contributed by atoms with E-state index in [9.17, 15) is 19.2 Å². The van der Waals surface area contributed by atoms with E-state index in [4.69, 9.17) is 14.2 Å². The number of hydrogen-bond acceptors (Lipinski definition) is 7. The van der Waals surface area contributed by atoms with Crippen LogP contribution in [0.25, 0.3) is 0 Å². The molecule has 3 amide bonds. The van der Waals surface area contributed by atoms with Gasteiger partial charge in [-0.05, 0) is 31.9 Å². The molecule has 0 spiro atoms. The third kappa shape index (κ3) is 4.29. The van der Waals surface area contributed by atoms with Crippen LogP contribution in [0.3, 0.4) is 0 Å². The van der Waals surface area contributed by atoms with Gasteiger partial charge in [0.15, 0.2) is 17.6 Å². The van der Waals surface area contributed by atoms with E-state index in [2.05, 4.69) is 5.32 Å². The fraction of sp³-hybridized carbons (Fsp3) is 0.429. The van der Waals surface area contributed by atoms with Gasteiger partial charge in [0.25, 0.3) is 5.91 Å². The van der Waals surface area contributed by atoms with Crippen LogP contribution in [0, 0.1) is 11.8 Å². The summed E-state index contributed by atoms with van der Waals surface area (Å²) in [6, 6.07) is 4.82. The van der Waals surface area contributed by atoms with Crippen molar-refractivity contribution in [1.29, 1.82) is 0 Å². The van der Waals surface area contributed by atoms with Crippen LogP contribution in [0.15, 0.2) is 30.4 Å². The van der Waals surface area contributed by atoms with E-state index in [0.717, 1.165) is 4.90 Å². The molecule has 0 radical (unpaired) electrons. The normalized spacial score (nSPS) is 21.1. The maximum Gasteiger partial charge on any atom is 0.326 e. The number of esters is 1. The zero-order chi connectivity index (χ0) is 21.8. The number of amides is 3. The zero-order valence-electron chi connectivity index (χ0n) is 17.0. The van der Waals surface area contributed by atoms with Crippen LogP contribution in [-0.2, 0) is 23.9 Å². The number of nitrogens with zero attached hydrogens (tertiary/aromatic N) is 1. The van der Waals surface area contributed by atoms with Gasteiger partial charge in [0, 0.05) is 11.8 Å². The molecule has 1 aliphatic heterocycles. The van der Waals surface area contributed by atoms with Crippen LogP contribution in [0.2, 0.25) is 0 Å². The van der Waals surface area contributed by atoms with Crippen LogP contribution in [0.4, 0.5) is 5.69 Å².